The highest BCUT2D eigenvalue weighted by atomic mass is 32.2. The van der Waals surface area contributed by atoms with Gasteiger partial charge in [-0.1, -0.05) is 29.5 Å². The third-order valence-electron chi connectivity index (χ3n) is 3.36. The van der Waals surface area contributed by atoms with Gasteiger partial charge in [0.25, 0.3) is 0 Å². The number of anilines is 1. The second kappa shape index (κ2) is 6.30. The van der Waals surface area contributed by atoms with Crippen LogP contribution in [0.3, 0.4) is 0 Å². The molecule has 1 heterocycles. The molecule has 0 spiro atoms. The van der Waals surface area contributed by atoms with Crippen molar-refractivity contribution in [3.05, 3.63) is 29.3 Å². The van der Waals surface area contributed by atoms with Gasteiger partial charge in [0.1, 0.15) is 5.25 Å². The van der Waals surface area contributed by atoms with Gasteiger partial charge in [0, 0.05) is 26.2 Å². The lowest BCUT2D eigenvalue weighted by molar-refractivity contribution is -0.127. The van der Waals surface area contributed by atoms with Crippen LogP contribution >= 0.6 is 11.8 Å². The Balaban J connectivity index is 2.01. The first kappa shape index (κ1) is 15.6. The van der Waals surface area contributed by atoms with E-state index >= 15 is 0 Å². The molecule has 6 heteroatoms. The molecule has 1 aliphatic heterocycles. The fourth-order valence-electron chi connectivity index (χ4n) is 2.22. The van der Waals surface area contributed by atoms with E-state index in [1.807, 2.05) is 32.0 Å². The van der Waals surface area contributed by atoms with E-state index in [9.17, 15) is 9.59 Å². The van der Waals surface area contributed by atoms with Crippen LogP contribution < -0.4 is 5.32 Å². The van der Waals surface area contributed by atoms with E-state index in [0.717, 1.165) is 16.8 Å². The Kier molecular flexibility index (Phi) is 4.67. The van der Waals surface area contributed by atoms with Crippen molar-refractivity contribution >= 4 is 34.4 Å². The molecule has 0 bridgehead atoms. The van der Waals surface area contributed by atoms with Crippen molar-refractivity contribution < 1.29 is 9.59 Å². The number of hydrogen-bond acceptors (Lipinski definition) is 4. The number of benzene rings is 1. The number of carbonyl (C=O) groups is 2. The zero-order valence-corrected chi connectivity index (χ0v) is 13.5. The fourth-order valence-corrected chi connectivity index (χ4v) is 3.32. The predicted octanol–water partition coefficient (Wildman–Crippen LogP) is 2.19. The second-order valence-electron chi connectivity index (χ2n) is 5.08. The van der Waals surface area contributed by atoms with Crippen LogP contribution in [-0.2, 0) is 9.59 Å². The van der Waals surface area contributed by atoms with Crippen LogP contribution in [0.5, 0.6) is 0 Å². The Morgan fingerprint density at radius 1 is 1.43 bits per heavy atom. The highest BCUT2D eigenvalue weighted by Gasteiger charge is 2.36. The van der Waals surface area contributed by atoms with E-state index in [4.69, 9.17) is 0 Å². The highest BCUT2D eigenvalue weighted by molar-refractivity contribution is 8.15. The molecule has 112 valence electrons. The van der Waals surface area contributed by atoms with Crippen molar-refractivity contribution in [2.45, 2.75) is 25.5 Å². The van der Waals surface area contributed by atoms with Gasteiger partial charge < -0.3 is 5.32 Å². The molecule has 1 unspecified atom stereocenters. The molecule has 1 atom stereocenters. The molecule has 1 fully saturated rings. The van der Waals surface area contributed by atoms with Crippen LogP contribution in [0, 0.1) is 13.8 Å². The number of carbonyl (C=O) groups excluding carboxylic acids is 2. The fraction of sp³-hybridized carbons (Fsp3) is 0.400. The largest absolute Gasteiger partial charge is 0.326 e. The average molecular weight is 305 g/mol. The van der Waals surface area contributed by atoms with Crippen molar-refractivity contribution in [1.82, 2.24) is 4.90 Å². The Morgan fingerprint density at radius 2 is 2.14 bits per heavy atom. The maximum absolute atomic E-state index is 12.1. The number of nitrogens with one attached hydrogen (secondary N) is 1. The van der Waals surface area contributed by atoms with E-state index in [1.54, 1.807) is 14.1 Å². The summed E-state index contributed by atoms with van der Waals surface area (Å²) in [5.41, 5.74) is 2.96. The number of amides is 2. The molecule has 21 heavy (non-hydrogen) atoms. The topological polar surface area (TPSA) is 61.8 Å². The average Bonchev–Trinajstić information content (AvgIpc) is 2.70. The molecular weight excluding hydrogens is 286 g/mol. The van der Waals surface area contributed by atoms with Gasteiger partial charge in [-0.25, -0.2) is 0 Å². The summed E-state index contributed by atoms with van der Waals surface area (Å²) in [6, 6.07) is 5.85. The maximum atomic E-state index is 12.1. The zero-order chi connectivity index (χ0) is 15.6. The standard InChI is InChI=1S/C15H19N3O2S/c1-9-5-6-11(10(2)7-9)17-13(19)8-12-14(20)18(4)15(16-3)21-12/h5-7,12H,8H2,1-4H3,(H,17,19). The lowest BCUT2D eigenvalue weighted by atomic mass is 10.1. The van der Waals surface area contributed by atoms with Crippen LogP contribution in [-0.4, -0.2) is 41.2 Å². The van der Waals surface area contributed by atoms with E-state index in [0.29, 0.717) is 5.17 Å². The van der Waals surface area contributed by atoms with Gasteiger partial charge in [0.2, 0.25) is 11.8 Å². The molecular formula is C15H19N3O2S. The smallest absolute Gasteiger partial charge is 0.242 e. The van der Waals surface area contributed by atoms with Gasteiger partial charge in [0.05, 0.1) is 0 Å². The minimum atomic E-state index is -0.389. The zero-order valence-electron chi connectivity index (χ0n) is 12.6. The third-order valence-corrected chi connectivity index (χ3v) is 4.68. The van der Waals surface area contributed by atoms with Gasteiger partial charge in [-0.2, -0.15) is 0 Å². The van der Waals surface area contributed by atoms with Crippen molar-refractivity contribution in [1.29, 1.82) is 0 Å². The van der Waals surface area contributed by atoms with Crippen LogP contribution in [0.1, 0.15) is 17.5 Å². The number of rotatable bonds is 3. The van der Waals surface area contributed by atoms with Crippen molar-refractivity contribution in [2.75, 3.05) is 19.4 Å². The number of thioether (sulfide) groups is 1. The summed E-state index contributed by atoms with van der Waals surface area (Å²) in [5, 5.41) is 3.14. The number of amidine groups is 1. The normalized spacial score (nSPS) is 20.2. The summed E-state index contributed by atoms with van der Waals surface area (Å²) in [5.74, 6) is -0.227. The summed E-state index contributed by atoms with van der Waals surface area (Å²) >= 11 is 1.34. The molecule has 2 rings (SSSR count). The molecule has 1 aromatic rings. The SMILES string of the molecule is CN=C1SC(CC(=O)Nc2ccc(C)cc2C)C(=O)N1C. The summed E-state index contributed by atoms with van der Waals surface area (Å²) in [4.78, 5) is 29.7. The van der Waals surface area contributed by atoms with E-state index < -0.39 is 0 Å². The molecule has 1 N–H and O–H groups in total. The minimum absolute atomic E-state index is 0.0728. The highest BCUT2D eigenvalue weighted by Crippen LogP contribution is 2.28. The predicted molar refractivity (Wildman–Crippen MR) is 86.7 cm³/mol. The van der Waals surface area contributed by atoms with Crippen LogP contribution in [0.15, 0.2) is 23.2 Å². The lowest BCUT2D eigenvalue weighted by Crippen LogP contribution is -2.30. The van der Waals surface area contributed by atoms with E-state index in [1.165, 1.54) is 16.7 Å². The van der Waals surface area contributed by atoms with Gasteiger partial charge in [-0.15, -0.1) is 0 Å². The molecule has 0 aliphatic carbocycles. The van der Waals surface area contributed by atoms with Crippen LogP contribution in [0.4, 0.5) is 5.69 Å². The third kappa shape index (κ3) is 3.44. The molecule has 1 saturated heterocycles. The molecule has 0 saturated carbocycles. The van der Waals surface area contributed by atoms with Crippen molar-refractivity contribution in [2.24, 2.45) is 4.99 Å². The van der Waals surface area contributed by atoms with Crippen molar-refractivity contribution in [3.63, 3.8) is 0 Å². The van der Waals surface area contributed by atoms with E-state index in [-0.39, 0.29) is 23.5 Å². The summed E-state index contributed by atoms with van der Waals surface area (Å²) in [6.07, 6.45) is 0.153. The summed E-state index contributed by atoms with van der Waals surface area (Å²) in [7, 11) is 3.32. The second-order valence-corrected chi connectivity index (χ2v) is 6.25. The number of aliphatic imine (C=N–C) groups is 1. The monoisotopic (exact) mass is 305 g/mol. The Hall–Kier alpha value is -1.82. The van der Waals surface area contributed by atoms with Gasteiger partial charge in [-0.3, -0.25) is 19.5 Å². The van der Waals surface area contributed by atoms with Gasteiger partial charge in [0.15, 0.2) is 5.17 Å². The molecule has 1 aromatic carbocycles. The molecule has 2 amide bonds. The lowest BCUT2D eigenvalue weighted by Gasteiger charge is -2.11. The molecule has 1 aliphatic rings. The molecule has 5 nitrogen and oxygen atoms in total. The minimum Gasteiger partial charge on any atom is -0.326 e. The first-order valence-electron chi connectivity index (χ1n) is 6.70. The Bertz CT molecular complexity index is 613. The van der Waals surface area contributed by atoms with Gasteiger partial charge >= 0.3 is 0 Å². The van der Waals surface area contributed by atoms with E-state index in [2.05, 4.69) is 10.3 Å². The van der Waals surface area contributed by atoms with Gasteiger partial charge in [-0.05, 0) is 25.5 Å². The Labute approximate surface area is 128 Å². The maximum Gasteiger partial charge on any atom is 0.242 e. The summed E-state index contributed by atoms with van der Waals surface area (Å²) < 4.78 is 0. The van der Waals surface area contributed by atoms with Crippen LogP contribution in [0.2, 0.25) is 0 Å². The molecule has 0 aromatic heterocycles. The number of hydrogen-bond donors (Lipinski definition) is 1. The first-order valence-corrected chi connectivity index (χ1v) is 7.58. The Morgan fingerprint density at radius 3 is 2.71 bits per heavy atom. The molecule has 0 radical (unpaired) electrons. The van der Waals surface area contributed by atoms with Crippen LogP contribution in [0.25, 0.3) is 0 Å². The number of nitrogens with zero attached hydrogens (tertiary/aromatic N) is 2. The quantitative estimate of drug-likeness (QED) is 0.931. The summed E-state index contributed by atoms with van der Waals surface area (Å²) in [6.45, 7) is 3.96. The first-order chi connectivity index (χ1) is 9.92. The van der Waals surface area contributed by atoms with Crippen molar-refractivity contribution in [3.8, 4) is 0 Å². The number of aryl methyl sites for hydroxylation is 2.